The van der Waals surface area contributed by atoms with Crippen molar-refractivity contribution in [3.8, 4) is 22.8 Å². The molecule has 7 heteroatoms. The number of aromatic nitrogens is 4. The van der Waals surface area contributed by atoms with Crippen molar-refractivity contribution in [2.75, 3.05) is 12.8 Å². The molecule has 2 N–H and O–H groups in total. The van der Waals surface area contributed by atoms with Gasteiger partial charge in [-0.3, -0.25) is 0 Å². The molecule has 3 rings (SSSR count). The summed E-state index contributed by atoms with van der Waals surface area (Å²) in [5.41, 5.74) is 7.73. The topological polar surface area (TPSA) is 78.8 Å². The third kappa shape index (κ3) is 2.40. The molecule has 21 heavy (non-hydrogen) atoms. The Morgan fingerprint density at radius 3 is 2.62 bits per heavy atom. The number of hydrogen-bond donors (Lipinski definition) is 1. The summed E-state index contributed by atoms with van der Waals surface area (Å²) >= 11 is 0. The van der Waals surface area contributed by atoms with E-state index in [2.05, 4.69) is 15.5 Å². The Morgan fingerprint density at radius 1 is 1.14 bits per heavy atom. The van der Waals surface area contributed by atoms with E-state index in [4.69, 9.17) is 10.5 Å². The Morgan fingerprint density at radius 2 is 1.90 bits per heavy atom. The summed E-state index contributed by atoms with van der Waals surface area (Å²) in [5.74, 6) is 0.221. The van der Waals surface area contributed by atoms with Gasteiger partial charge in [-0.15, -0.1) is 5.10 Å². The third-order valence-corrected chi connectivity index (χ3v) is 3.02. The molecular weight excluding hydrogens is 273 g/mol. The van der Waals surface area contributed by atoms with Crippen LogP contribution < -0.4 is 10.5 Å². The van der Waals surface area contributed by atoms with Crippen LogP contribution in [0.1, 0.15) is 0 Å². The normalized spacial score (nSPS) is 10.6. The fourth-order valence-electron chi connectivity index (χ4n) is 1.95. The van der Waals surface area contributed by atoms with E-state index in [1.54, 1.807) is 18.2 Å². The van der Waals surface area contributed by atoms with Gasteiger partial charge in [-0.2, -0.15) is 4.68 Å². The lowest BCUT2D eigenvalue weighted by molar-refractivity contribution is 0.386. The van der Waals surface area contributed by atoms with E-state index in [-0.39, 0.29) is 5.75 Å². The first-order chi connectivity index (χ1) is 10.2. The van der Waals surface area contributed by atoms with Gasteiger partial charge in [-0.1, -0.05) is 0 Å². The summed E-state index contributed by atoms with van der Waals surface area (Å²) in [7, 11) is 1.41. The number of nitrogens with two attached hydrogens (primary N) is 1. The van der Waals surface area contributed by atoms with Crippen LogP contribution in [0.4, 0.5) is 10.1 Å². The number of ether oxygens (including phenoxy) is 1. The standard InChI is InChI=1S/C14H12FN5O/c1-21-13-8-11(6-7-12(13)15)20-14(17-18-19-20)9-2-4-10(16)5-3-9/h2-8H,16H2,1H3. The van der Waals surface area contributed by atoms with Crippen LogP contribution in [0.15, 0.2) is 42.5 Å². The molecule has 1 heterocycles. The zero-order chi connectivity index (χ0) is 14.8. The highest BCUT2D eigenvalue weighted by molar-refractivity contribution is 5.60. The number of methoxy groups -OCH3 is 1. The average molecular weight is 285 g/mol. The van der Waals surface area contributed by atoms with Crippen LogP contribution >= 0.6 is 0 Å². The third-order valence-electron chi connectivity index (χ3n) is 3.02. The maximum Gasteiger partial charge on any atom is 0.187 e. The van der Waals surface area contributed by atoms with E-state index >= 15 is 0 Å². The molecule has 106 valence electrons. The Hall–Kier alpha value is -2.96. The van der Waals surface area contributed by atoms with Crippen molar-refractivity contribution in [2.45, 2.75) is 0 Å². The molecule has 6 nitrogen and oxygen atoms in total. The molecule has 0 spiro atoms. The van der Waals surface area contributed by atoms with Crippen molar-refractivity contribution in [3.05, 3.63) is 48.3 Å². The van der Waals surface area contributed by atoms with E-state index in [1.807, 2.05) is 12.1 Å². The van der Waals surface area contributed by atoms with Crippen LogP contribution in [0.25, 0.3) is 17.1 Å². The van der Waals surface area contributed by atoms with Gasteiger partial charge in [0.1, 0.15) is 0 Å². The molecule has 0 amide bonds. The van der Waals surface area contributed by atoms with Crippen molar-refractivity contribution < 1.29 is 9.13 Å². The van der Waals surface area contributed by atoms with Gasteiger partial charge in [0, 0.05) is 17.3 Å². The lowest BCUT2D eigenvalue weighted by atomic mass is 10.2. The minimum absolute atomic E-state index is 0.131. The van der Waals surface area contributed by atoms with E-state index in [1.165, 1.54) is 23.9 Å². The van der Waals surface area contributed by atoms with Crippen LogP contribution in [-0.4, -0.2) is 27.3 Å². The zero-order valence-corrected chi connectivity index (χ0v) is 11.2. The highest BCUT2D eigenvalue weighted by atomic mass is 19.1. The van der Waals surface area contributed by atoms with E-state index < -0.39 is 5.82 Å². The van der Waals surface area contributed by atoms with Crippen LogP contribution in [0.3, 0.4) is 0 Å². The van der Waals surface area contributed by atoms with E-state index in [0.29, 0.717) is 17.2 Å². The lowest BCUT2D eigenvalue weighted by Gasteiger charge is -2.07. The van der Waals surface area contributed by atoms with Gasteiger partial charge >= 0.3 is 0 Å². The van der Waals surface area contributed by atoms with Crippen LogP contribution in [-0.2, 0) is 0 Å². The fourth-order valence-corrected chi connectivity index (χ4v) is 1.95. The second kappa shape index (κ2) is 5.20. The maximum atomic E-state index is 13.5. The van der Waals surface area contributed by atoms with Crippen molar-refractivity contribution in [3.63, 3.8) is 0 Å². The van der Waals surface area contributed by atoms with Crippen molar-refractivity contribution >= 4 is 5.69 Å². The minimum atomic E-state index is -0.441. The van der Waals surface area contributed by atoms with Crippen LogP contribution in [0.2, 0.25) is 0 Å². The molecule has 1 aromatic heterocycles. The highest BCUT2D eigenvalue weighted by Gasteiger charge is 2.12. The van der Waals surface area contributed by atoms with Crippen LogP contribution in [0, 0.1) is 5.82 Å². The molecule has 0 atom stereocenters. The Kier molecular flexibility index (Phi) is 3.23. The predicted molar refractivity (Wildman–Crippen MR) is 75.5 cm³/mol. The first-order valence-corrected chi connectivity index (χ1v) is 6.17. The summed E-state index contributed by atoms with van der Waals surface area (Å²) < 4.78 is 20.0. The fraction of sp³-hybridized carbons (Fsp3) is 0.0714. The highest BCUT2D eigenvalue weighted by Crippen LogP contribution is 2.24. The molecule has 0 bridgehead atoms. The Labute approximate surface area is 120 Å². The quantitative estimate of drug-likeness (QED) is 0.745. The number of halogens is 1. The second-order valence-electron chi connectivity index (χ2n) is 4.36. The van der Waals surface area contributed by atoms with Gasteiger partial charge in [0.15, 0.2) is 17.4 Å². The molecule has 3 aromatic rings. The van der Waals surface area contributed by atoms with Crippen molar-refractivity contribution in [1.82, 2.24) is 20.2 Å². The van der Waals surface area contributed by atoms with Gasteiger partial charge in [0.2, 0.25) is 0 Å². The summed E-state index contributed by atoms with van der Waals surface area (Å²) in [4.78, 5) is 0. The molecule has 0 saturated carbocycles. The summed E-state index contributed by atoms with van der Waals surface area (Å²) in [6, 6.07) is 11.6. The number of nitrogens with zero attached hydrogens (tertiary/aromatic N) is 4. The molecule has 0 aliphatic heterocycles. The SMILES string of the molecule is COc1cc(-n2nnnc2-c2ccc(N)cc2)ccc1F. The van der Waals surface area contributed by atoms with Crippen molar-refractivity contribution in [1.29, 1.82) is 0 Å². The molecular formula is C14H12FN5O. The Balaban J connectivity index is 2.08. The molecule has 0 saturated heterocycles. The van der Waals surface area contributed by atoms with Crippen molar-refractivity contribution in [2.24, 2.45) is 0 Å². The average Bonchev–Trinajstić information content (AvgIpc) is 2.98. The number of tetrazole rings is 1. The number of rotatable bonds is 3. The largest absolute Gasteiger partial charge is 0.494 e. The molecule has 0 unspecified atom stereocenters. The van der Waals surface area contributed by atoms with Gasteiger partial charge in [0.05, 0.1) is 12.8 Å². The second-order valence-corrected chi connectivity index (χ2v) is 4.36. The molecule has 2 aromatic carbocycles. The lowest BCUT2D eigenvalue weighted by Crippen LogP contribution is -2.01. The summed E-state index contributed by atoms with van der Waals surface area (Å²) in [6.45, 7) is 0. The molecule has 0 aliphatic carbocycles. The minimum Gasteiger partial charge on any atom is -0.494 e. The van der Waals surface area contributed by atoms with E-state index in [0.717, 1.165) is 5.56 Å². The van der Waals surface area contributed by atoms with Gasteiger partial charge in [-0.25, -0.2) is 4.39 Å². The van der Waals surface area contributed by atoms with Crippen LogP contribution in [0.5, 0.6) is 5.75 Å². The summed E-state index contributed by atoms with van der Waals surface area (Å²) in [6.07, 6.45) is 0. The zero-order valence-electron chi connectivity index (χ0n) is 11.2. The monoisotopic (exact) mass is 285 g/mol. The van der Waals surface area contributed by atoms with Gasteiger partial charge in [0.25, 0.3) is 0 Å². The first-order valence-electron chi connectivity index (χ1n) is 6.17. The van der Waals surface area contributed by atoms with Gasteiger partial charge < -0.3 is 10.5 Å². The maximum absolute atomic E-state index is 13.5. The number of benzene rings is 2. The number of hydrogen-bond acceptors (Lipinski definition) is 5. The molecule has 0 fully saturated rings. The smallest absolute Gasteiger partial charge is 0.187 e. The predicted octanol–water partition coefficient (Wildman–Crippen LogP) is 2.06. The molecule has 0 radical (unpaired) electrons. The molecule has 0 aliphatic rings. The van der Waals surface area contributed by atoms with Gasteiger partial charge in [-0.05, 0) is 46.8 Å². The van der Waals surface area contributed by atoms with E-state index in [9.17, 15) is 4.39 Å². The first kappa shape index (κ1) is 13.0. The summed E-state index contributed by atoms with van der Waals surface area (Å²) in [5, 5.41) is 11.6. The number of anilines is 1. The number of nitrogen functional groups attached to an aromatic ring is 1. The Bertz CT molecular complexity index is 769.